The molecule has 0 amide bonds. The van der Waals surface area contributed by atoms with Crippen LogP contribution < -0.4 is 0 Å². The zero-order chi connectivity index (χ0) is 18.7. The standard InChI is InChI=1S/C23H28ClN3/c1-14-4-7-21(27-10-8-26(3)9-11-27)23-22(20-13-18(20)15(2)25-23)19-12-16(24)5-6-17(14)19/h5-7,12,14,18,20H,4,8-11,13H2,1-3H3/b21-7-. The van der Waals surface area contributed by atoms with Gasteiger partial charge in [0.05, 0.1) is 11.4 Å². The van der Waals surface area contributed by atoms with Crippen LogP contribution in [0.4, 0.5) is 0 Å². The smallest absolute Gasteiger partial charge is 0.0900 e. The molecular weight excluding hydrogens is 354 g/mol. The van der Waals surface area contributed by atoms with Gasteiger partial charge in [-0.25, -0.2) is 0 Å². The second-order valence-corrected chi connectivity index (χ2v) is 9.15. The third-order valence-electron chi connectivity index (χ3n) is 6.83. The van der Waals surface area contributed by atoms with Gasteiger partial charge in [-0.05, 0) is 67.5 Å². The van der Waals surface area contributed by atoms with Crippen molar-refractivity contribution in [1.82, 2.24) is 9.80 Å². The molecule has 0 aromatic heterocycles. The van der Waals surface area contributed by atoms with Crippen molar-refractivity contribution in [2.75, 3.05) is 33.2 Å². The van der Waals surface area contributed by atoms with Crippen LogP contribution in [0, 0.1) is 11.8 Å². The van der Waals surface area contributed by atoms with Crippen molar-refractivity contribution in [2.45, 2.75) is 32.6 Å². The molecule has 27 heavy (non-hydrogen) atoms. The van der Waals surface area contributed by atoms with Gasteiger partial charge in [-0.15, -0.1) is 0 Å². The van der Waals surface area contributed by atoms with Gasteiger partial charge in [0.25, 0.3) is 0 Å². The third kappa shape index (κ3) is 2.96. The molecule has 1 saturated carbocycles. The van der Waals surface area contributed by atoms with Gasteiger partial charge < -0.3 is 9.80 Å². The third-order valence-corrected chi connectivity index (χ3v) is 7.06. The second kappa shape index (κ2) is 6.49. The van der Waals surface area contributed by atoms with Gasteiger partial charge in [0.15, 0.2) is 0 Å². The van der Waals surface area contributed by atoms with Gasteiger partial charge in [-0.2, -0.15) is 0 Å². The number of aliphatic imine (C=N–C) groups is 1. The van der Waals surface area contributed by atoms with Crippen LogP contribution in [-0.2, 0) is 0 Å². The van der Waals surface area contributed by atoms with Gasteiger partial charge in [0.2, 0.25) is 0 Å². The Bertz CT molecular complexity index is 874. The van der Waals surface area contributed by atoms with Crippen LogP contribution in [-0.4, -0.2) is 48.7 Å². The van der Waals surface area contributed by atoms with E-state index in [0.717, 1.165) is 37.6 Å². The minimum atomic E-state index is 0.498. The predicted octanol–water partition coefficient (Wildman–Crippen LogP) is 4.80. The largest absolute Gasteiger partial charge is 0.367 e. The Kier molecular flexibility index (Phi) is 4.21. The number of likely N-dealkylation sites (N-methyl/N-ethyl adjacent to an activating group) is 1. The van der Waals surface area contributed by atoms with Crippen LogP contribution >= 0.6 is 11.6 Å². The van der Waals surface area contributed by atoms with Crippen LogP contribution in [0.2, 0.25) is 5.02 Å². The summed E-state index contributed by atoms with van der Waals surface area (Å²) >= 11 is 6.45. The van der Waals surface area contributed by atoms with E-state index in [2.05, 4.69) is 48.9 Å². The van der Waals surface area contributed by atoms with Crippen molar-refractivity contribution >= 4 is 22.9 Å². The summed E-state index contributed by atoms with van der Waals surface area (Å²) in [5.41, 5.74) is 8.15. The van der Waals surface area contributed by atoms with Crippen LogP contribution in [0.3, 0.4) is 0 Å². The van der Waals surface area contributed by atoms with Crippen LogP contribution in [0.15, 0.2) is 40.7 Å². The second-order valence-electron chi connectivity index (χ2n) is 8.71. The zero-order valence-electron chi connectivity index (χ0n) is 16.5. The van der Waals surface area contributed by atoms with E-state index in [0.29, 0.717) is 17.8 Å². The van der Waals surface area contributed by atoms with E-state index in [-0.39, 0.29) is 0 Å². The molecule has 3 unspecified atom stereocenters. The summed E-state index contributed by atoms with van der Waals surface area (Å²) in [5.74, 6) is 1.76. The summed E-state index contributed by atoms with van der Waals surface area (Å²) in [6, 6.07) is 6.48. The van der Waals surface area contributed by atoms with E-state index < -0.39 is 0 Å². The number of rotatable bonds is 1. The molecule has 0 radical (unpaired) electrons. The van der Waals surface area contributed by atoms with Crippen molar-refractivity contribution in [3.8, 4) is 0 Å². The Balaban J connectivity index is 1.69. The van der Waals surface area contributed by atoms with Crippen molar-refractivity contribution in [3.63, 3.8) is 0 Å². The fourth-order valence-corrected chi connectivity index (χ4v) is 5.20. The highest BCUT2D eigenvalue weighted by Gasteiger charge is 2.47. The first-order chi connectivity index (χ1) is 13.0. The predicted molar refractivity (Wildman–Crippen MR) is 113 cm³/mol. The minimum absolute atomic E-state index is 0.498. The monoisotopic (exact) mass is 381 g/mol. The van der Waals surface area contributed by atoms with Gasteiger partial charge in [0.1, 0.15) is 0 Å². The number of allylic oxidation sites excluding steroid dienone is 2. The van der Waals surface area contributed by atoms with Crippen LogP contribution in [0.1, 0.15) is 43.7 Å². The molecule has 4 heteroatoms. The molecular formula is C23H28ClN3. The molecule has 2 aliphatic heterocycles. The molecule has 142 valence electrons. The quantitative estimate of drug-likeness (QED) is 0.695. The Hall–Kier alpha value is -1.58. The lowest BCUT2D eigenvalue weighted by Crippen LogP contribution is -2.44. The Morgan fingerprint density at radius 1 is 1.11 bits per heavy atom. The van der Waals surface area contributed by atoms with Gasteiger partial charge in [0, 0.05) is 42.8 Å². The number of nitrogens with zero attached hydrogens (tertiary/aromatic N) is 3. The van der Waals surface area contributed by atoms with Gasteiger partial charge in [-0.3, -0.25) is 4.99 Å². The normalized spacial score (nSPS) is 32.4. The Morgan fingerprint density at radius 3 is 2.67 bits per heavy atom. The summed E-state index contributed by atoms with van der Waals surface area (Å²) in [6.07, 6.45) is 4.75. The fourth-order valence-electron chi connectivity index (χ4n) is 5.02. The molecule has 0 bridgehead atoms. The average molecular weight is 382 g/mol. The summed E-state index contributed by atoms with van der Waals surface area (Å²) in [7, 11) is 2.21. The molecule has 5 rings (SSSR count). The number of hydrogen-bond donors (Lipinski definition) is 0. The first-order valence-electron chi connectivity index (χ1n) is 10.3. The molecule has 0 spiro atoms. The van der Waals surface area contributed by atoms with Gasteiger partial charge in [-0.1, -0.05) is 30.7 Å². The highest BCUT2D eigenvalue weighted by atomic mass is 35.5. The number of halogens is 1. The van der Waals surface area contributed by atoms with Crippen LogP contribution in [0.25, 0.3) is 5.57 Å². The Morgan fingerprint density at radius 2 is 1.89 bits per heavy atom. The molecule has 1 saturated heterocycles. The molecule has 2 aliphatic carbocycles. The summed E-state index contributed by atoms with van der Waals surface area (Å²) in [4.78, 5) is 10.2. The first kappa shape index (κ1) is 17.5. The molecule has 0 N–H and O–H groups in total. The summed E-state index contributed by atoms with van der Waals surface area (Å²) in [6.45, 7) is 8.96. The summed E-state index contributed by atoms with van der Waals surface area (Å²) in [5, 5.41) is 0.835. The average Bonchev–Trinajstić information content (AvgIpc) is 3.43. The fraction of sp³-hybridized carbons (Fsp3) is 0.522. The number of benzene rings is 1. The zero-order valence-corrected chi connectivity index (χ0v) is 17.3. The van der Waals surface area contributed by atoms with Crippen molar-refractivity contribution in [3.05, 3.63) is 51.8 Å². The van der Waals surface area contributed by atoms with Gasteiger partial charge >= 0.3 is 0 Å². The lowest BCUT2D eigenvalue weighted by atomic mass is 9.83. The topological polar surface area (TPSA) is 18.8 Å². The van der Waals surface area contributed by atoms with Crippen molar-refractivity contribution in [2.24, 2.45) is 16.8 Å². The van der Waals surface area contributed by atoms with E-state index in [1.165, 1.54) is 40.2 Å². The van der Waals surface area contributed by atoms with E-state index in [9.17, 15) is 0 Å². The number of fused-ring (bicyclic) bond motifs is 4. The summed E-state index contributed by atoms with van der Waals surface area (Å²) < 4.78 is 0. The number of hydrogen-bond acceptors (Lipinski definition) is 3. The highest BCUT2D eigenvalue weighted by molar-refractivity contribution is 6.30. The molecule has 3 nitrogen and oxygen atoms in total. The molecule has 4 aliphatic rings. The molecule has 1 aromatic carbocycles. The maximum atomic E-state index is 6.45. The van der Waals surface area contributed by atoms with E-state index in [1.54, 1.807) is 0 Å². The maximum absolute atomic E-state index is 6.45. The van der Waals surface area contributed by atoms with E-state index in [1.807, 2.05) is 6.07 Å². The van der Waals surface area contributed by atoms with Crippen LogP contribution in [0.5, 0.6) is 0 Å². The highest BCUT2D eigenvalue weighted by Crippen LogP contribution is 2.56. The SMILES string of the molecule is CC1=NC2=C(c3cc(Cl)ccc3C(C)C/C=C/2N2CCN(C)CC2)C2CC12. The lowest BCUT2D eigenvalue weighted by Gasteiger charge is -2.38. The van der Waals surface area contributed by atoms with E-state index >= 15 is 0 Å². The molecule has 2 fully saturated rings. The van der Waals surface area contributed by atoms with Crippen molar-refractivity contribution < 1.29 is 0 Å². The first-order valence-corrected chi connectivity index (χ1v) is 10.6. The molecule has 1 aromatic rings. The molecule has 3 atom stereocenters. The van der Waals surface area contributed by atoms with E-state index in [4.69, 9.17) is 16.6 Å². The number of piperazine rings is 1. The maximum Gasteiger partial charge on any atom is 0.0900 e. The Labute approximate surface area is 167 Å². The lowest BCUT2D eigenvalue weighted by molar-refractivity contribution is 0.188. The molecule has 2 heterocycles. The minimum Gasteiger partial charge on any atom is -0.367 e. The van der Waals surface area contributed by atoms with Crippen molar-refractivity contribution in [1.29, 1.82) is 0 Å².